The lowest BCUT2D eigenvalue weighted by Gasteiger charge is -2.40. The van der Waals surface area contributed by atoms with Crippen LogP contribution in [0.2, 0.25) is 0 Å². The summed E-state index contributed by atoms with van der Waals surface area (Å²) < 4.78 is 53.3. The maximum Gasteiger partial charge on any atom is 0.408 e. The van der Waals surface area contributed by atoms with E-state index in [9.17, 15) is 22.4 Å². The first kappa shape index (κ1) is 17.4. The van der Waals surface area contributed by atoms with Gasteiger partial charge in [-0.3, -0.25) is 4.79 Å². The minimum atomic E-state index is -4.47. The number of carbonyl (C=O) groups is 1. The monoisotopic (exact) mass is 356 g/mol. The van der Waals surface area contributed by atoms with Gasteiger partial charge in [0.05, 0.1) is 10.9 Å². The van der Waals surface area contributed by atoms with E-state index in [-0.39, 0.29) is 30.6 Å². The number of anilines is 1. The van der Waals surface area contributed by atoms with Crippen molar-refractivity contribution in [1.29, 1.82) is 0 Å². The highest BCUT2D eigenvalue weighted by atomic mass is 19.4. The molecule has 5 nitrogen and oxygen atoms in total. The molecule has 1 aliphatic heterocycles. The van der Waals surface area contributed by atoms with Crippen LogP contribution in [0.25, 0.3) is 10.9 Å². The molecule has 1 aromatic heterocycles. The number of hydrogen-bond acceptors (Lipinski definition) is 4. The van der Waals surface area contributed by atoms with Crippen molar-refractivity contribution in [3.8, 4) is 0 Å². The van der Waals surface area contributed by atoms with Crippen LogP contribution in [0.1, 0.15) is 19.8 Å². The fourth-order valence-electron chi connectivity index (χ4n) is 3.15. The van der Waals surface area contributed by atoms with Crippen LogP contribution in [-0.2, 0) is 4.79 Å². The van der Waals surface area contributed by atoms with E-state index in [2.05, 4.69) is 15.3 Å². The predicted molar refractivity (Wildman–Crippen MR) is 83.4 cm³/mol. The minimum absolute atomic E-state index is 0.126. The number of fused-ring (bicyclic) bond motifs is 1. The number of likely N-dealkylation sites (tertiary alicyclic amines) is 1. The first-order chi connectivity index (χ1) is 11.8. The highest BCUT2D eigenvalue weighted by molar-refractivity contribution is 5.89. The van der Waals surface area contributed by atoms with Crippen molar-refractivity contribution in [1.82, 2.24) is 14.9 Å². The molecule has 0 saturated carbocycles. The Morgan fingerprint density at radius 2 is 2.04 bits per heavy atom. The van der Waals surface area contributed by atoms with Gasteiger partial charge in [0.2, 0.25) is 5.91 Å². The molecule has 134 valence electrons. The van der Waals surface area contributed by atoms with Crippen molar-refractivity contribution >= 4 is 22.6 Å². The third kappa shape index (κ3) is 3.49. The Morgan fingerprint density at radius 3 is 2.72 bits per heavy atom. The van der Waals surface area contributed by atoms with Crippen LogP contribution in [0, 0.1) is 5.82 Å². The molecule has 2 heterocycles. The van der Waals surface area contributed by atoms with Gasteiger partial charge in [0.1, 0.15) is 24.0 Å². The average Bonchev–Trinajstić information content (AvgIpc) is 2.54. The highest BCUT2D eigenvalue weighted by Crippen LogP contribution is 2.33. The smallest absolute Gasteiger partial charge is 0.365 e. The highest BCUT2D eigenvalue weighted by Gasteiger charge is 2.47. The Kier molecular flexibility index (Phi) is 4.49. The van der Waals surface area contributed by atoms with Crippen LogP contribution in [0.4, 0.5) is 23.4 Å². The van der Waals surface area contributed by atoms with Crippen molar-refractivity contribution in [2.24, 2.45) is 0 Å². The number of nitrogens with one attached hydrogen (secondary N) is 1. The van der Waals surface area contributed by atoms with Gasteiger partial charge in [0, 0.05) is 19.5 Å². The number of rotatable bonds is 2. The molecule has 2 atom stereocenters. The summed E-state index contributed by atoms with van der Waals surface area (Å²) >= 11 is 0. The molecule has 0 radical (unpaired) electrons. The molecule has 9 heteroatoms. The van der Waals surface area contributed by atoms with Gasteiger partial charge in [-0.05, 0) is 25.0 Å². The van der Waals surface area contributed by atoms with Gasteiger partial charge in [0.15, 0.2) is 0 Å². The summed E-state index contributed by atoms with van der Waals surface area (Å²) in [6.45, 7) is 0.986. The van der Waals surface area contributed by atoms with Gasteiger partial charge >= 0.3 is 6.18 Å². The second kappa shape index (κ2) is 6.45. The van der Waals surface area contributed by atoms with Gasteiger partial charge in [-0.2, -0.15) is 13.2 Å². The molecule has 0 bridgehead atoms. The molecule has 0 unspecified atom stereocenters. The summed E-state index contributed by atoms with van der Waals surface area (Å²) in [6.07, 6.45) is -3.24. The molecule has 3 rings (SSSR count). The standard InChI is InChI=1S/C16H16F4N4O/c1-9(25)24-7-10(5-6-13(24)16(18,19)20)23-15-14-11(17)3-2-4-12(14)21-8-22-15/h2-4,8,10,13H,5-7H2,1H3,(H,21,22,23)/t10-,13-/m1/s1. The average molecular weight is 356 g/mol. The second-order valence-electron chi connectivity index (χ2n) is 6.00. The van der Waals surface area contributed by atoms with Crippen molar-refractivity contribution < 1.29 is 22.4 Å². The molecule has 1 N–H and O–H groups in total. The maximum absolute atomic E-state index is 14.1. The summed E-state index contributed by atoms with van der Waals surface area (Å²) in [5.41, 5.74) is 0.393. The Hall–Kier alpha value is -2.45. The first-order valence-corrected chi connectivity index (χ1v) is 7.77. The topological polar surface area (TPSA) is 58.1 Å². The van der Waals surface area contributed by atoms with Crippen LogP contribution in [0.15, 0.2) is 24.5 Å². The molecule has 1 aromatic carbocycles. The normalized spacial score (nSPS) is 21.4. The van der Waals surface area contributed by atoms with Crippen LogP contribution in [0.3, 0.4) is 0 Å². The van der Waals surface area contributed by atoms with Gasteiger partial charge < -0.3 is 10.2 Å². The second-order valence-corrected chi connectivity index (χ2v) is 6.00. The van der Waals surface area contributed by atoms with Crippen LogP contribution in [-0.4, -0.2) is 45.6 Å². The van der Waals surface area contributed by atoms with Gasteiger partial charge in [0.25, 0.3) is 0 Å². The fraction of sp³-hybridized carbons (Fsp3) is 0.438. The van der Waals surface area contributed by atoms with Crippen LogP contribution < -0.4 is 5.32 Å². The fourth-order valence-corrected chi connectivity index (χ4v) is 3.15. The van der Waals surface area contributed by atoms with E-state index in [1.54, 1.807) is 6.07 Å². The molecule has 1 aliphatic rings. The number of carbonyl (C=O) groups excluding carboxylic acids is 1. The molecule has 1 saturated heterocycles. The largest absolute Gasteiger partial charge is 0.408 e. The molecular weight excluding hydrogens is 340 g/mol. The van der Waals surface area contributed by atoms with Gasteiger partial charge in [-0.15, -0.1) is 0 Å². The van der Waals surface area contributed by atoms with Crippen LogP contribution in [0.5, 0.6) is 0 Å². The molecule has 2 aromatic rings. The van der Waals surface area contributed by atoms with Gasteiger partial charge in [-0.1, -0.05) is 6.07 Å². The lowest BCUT2D eigenvalue weighted by atomic mass is 9.97. The van der Waals surface area contributed by atoms with E-state index in [4.69, 9.17) is 0 Å². The summed E-state index contributed by atoms with van der Waals surface area (Å²) in [4.78, 5) is 20.4. The summed E-state index contributed by atoms with van der Waals surface area (Å²) in [7, 11) is 0. The molecule has 0 aliphatic carbocycles. The number of aromatic nitrogens is 2. The maximum atomic E-state index is 14.1. The number of hydrogen-bond donors (Lipinski definition) is 1. The zero-order chi connectivity index (χ0) is 18.2. The van der Waals surface area contributed by atoms with E-state index < -0.39 is 30.0 Å². The predicted octanol–water partition coefficient (Wildman–Crippen LogP) is 3.12. The first-order valence-electron chi connectivity index (χ1n) is 7.77. The number of amides is 1. The van der Waals surface area contributed by atoms with Crippen molar-refractivity contribution in [3.63, 3.8) is 0 Å². The zero-order valence-electron chi connectivity index (χ0n) is 13.3. The molecule has 0 spiro atoms. The van der Waals surface area contributed by atoms with E-state index >= 15 is 0 Å². The van der Waals surface area contributed by atoms with Crippen molar-refractivity contribution in [3.05, 3.63) is 30.3 Å². The molecule has 25 heavy (non-hydrogen) atoms. The molecule has 1 fully saturated rings. The third-order valence-corrected chi connectivity index (χ3v) is 4.32. The lowest BCUT2D eigenvalue weighted by Crippen LogP contribution is -2.55. The summed E-state index contributed by atoms with van der Waals surface area (Å²) in [5, 5.41) is 3.15. The van der Waals surface area contributed by atoms with Crippen LogP contribution >= 0.6 is 0 Å². The van der Waals surface area contributed by atoms with E-state index in [0.29, 0.717) is 5.52 Å². The number of alkyl halides is 3. The Morgan fingerprint density at radius 1 is 1.28 bits per heavy atom. The minimum Gasteiger partial charge on any atom is -0.365 e. The van der Waals surface area contributed by atoms with E-state index in [1.807, 2.05) is 0 Å². The Labute approximate surface area is 141 Å². The quantitative estimate of drug-likeness (QED) is 0.840. The number of benzene rings is 1. The zero-order valence-corrected chi connectivity index (χ0v) is 13.3. The lowest BCUT2D eigenvalue weighted by molar-refractivity contribution is -0.195. The number of piperidine rings is 1. The molecule has 1 amide bonds. The van der Waals surface area contributed by atoms with Crippen molar-refractivity contribution in [2.75, 3.05) is 11.9 Å². The Balaban J connectivity index is 1.84. The van der Waals surface area contributed by atoms with E-state index in [0.717, 1.165) is 11.8 Å². The van der Waals surface area contributed by atoms with E-state index in [1.165, 1.54) is 18.5 Å². The van der Waals surface area contributed by atoms with Gasteiger partial charge in [-0.25, -0.2) is 14.4 Å². The Bertz CT molecular complexity index is 790. The SMILES string of the molecule is CC(=O)N1C[C@H](Nc2ncnc3cccc(F)c23)CC[C@@H]1C(F)(F)F. The summed E-state index contributed by atoms with van der Waals surface area (Å²) in [6, 6.07) is 2.15. The third-order valence-electron chi connectivity index (χ3n) is 4.32. The summed E-state index contributed by atoms with van der Waals surface area (Å²) in [5.74, 6) is -0.956. The molecular formula is C16H16F4N4O. The van der Waals surface area contributed by atoms with Crippen molar-refractivity contribution in [2.45, 2.75) is 38.0 Å². The number of halogens is 4. The number of nitrogens with zero attached hydrogens (tertiary/aromatic N) is 3.